The van der Waals surface area contributed by atoms with E-state index in [1.54, 1.807) is 18.2 Å². The van der Waals surface area contributed by atoms with E-state index in [1.807, 2.05) is 25.1 Å². The number of halogens is 1. The highest BCUT2D eigenvalue weighted by atomic mass is 79.9. The van der Waals surface area contributed by atoms with Gasteiger partial charge in [-0.1, -0.05) is 28.1 Å². The summed E-state index contributed by atoms with van der Waals surface area (Å²) in [5, 5.41) is 0. The fourth-order valence-corrected chi connectivity index (χ4v) is 2.07. The Morgan fingerprint density at radius 1 is 1.25 bits per heavy atom. The minimum atomic E-state index is -0.486. The van der Waals surface area contributed by atoms with Crippen LogP contribution in [0.25, 0.3) is 0 Å². The number of methoxy groups -OCH3 is 1. The van der Waals surface area contributed by atoms with Crippen LogP contribution in [0.3, 0.4) is 0 Å². The van der Waals surface area contributed by atoms with Gasteiger partial charge in [0.15, 0.2) is 5.75 Å². The third-order valence-corrected chi connectivity index (χ3v) is 3.31. The lowest BCUT2D eigenvalue weighted by Crippen LogP contribution is -2.06. The number of aryl methyl sites for hydroxylation is 1. The molecular weight excluding hydrogens is 322 g/mol. The molecule has 0 saturated heterocycles. The number of anilines is 1. The zero-order valence-corrected chi connectivity index (χ0v) is 12.7. The van der Waals surface area contributed by atoms with Gasteiger partial charge in [0.25, 0.3) is 0 Å². The van der Waals surface area contributed by atoms with Crippen LogP contribution < -0.4 is 10.5 Å². The molecule has 0 heterocycles. The van der Waals surface area contributed by atoms with Gasteiger partial charge in [0.1, 0.15) is 11.3 Å². The van der Waals surface area contributed by atoms with E-state index in [4.69, 9.17) is 15.2 Å². The van der Waals surface area contributed by atoms with Gasteiger partial charge in [-0.2, -0.15) is 0 Å². The molecule has 0 atom stereocenters. The van der Waals surface area contributed by atoms with Crippen molar-refractivity contribution in [2.24, 2.45) is 0 Å². The Hall–Kier alpha value is -2.01. The predicted octanol–water partition coefficient (Wildman–Crippen LogP) is 3.92. The van der Waals surface area contributed by atoms with Crippen molar-refractivity contribution in [1.29, 1.82) is 0 Å². The molecule has 2 rings (SSSR count). The molecule has 2 aromatic carbocycles. The van der Waals surface area contributed by atoms with Crippen LogP contribution in [0.1, 0.15) is 15.9 Å². The lowest BCUT2D eigenvalue weighted by atomic mass is 10.1. The zero-order chi connectivity index (χ0) is 14.7. The second-order valence-electron chi connectivity index (χ2n) is 4.23. The molecule has 2 N–H and O–H groups in total. The summed E-state index contributed by atoms with van der Waals surface area (Å²) in [6.07, 6.45) is 0. The summed E-state index contributed by atoms with van der Waals surface area (Å²) in [6.45, 7) is 1.92. The number of nitrogens with two attached hydrogens (primary N) is 1. The molecule has 104 valence electrons. The lowest BCUT2D eigenvalue weighted by molar-refractivity contribution is 0.0598. The first-order valence-electron chi connectivity index (χ1n) is 5.93. The molecule has 0 saturated carbocycles. The summed E-state index contributed by atoms with van der Waals surface area (Å²) < 4.78 is 11.4. The Labute approximate surface area is 125 Å². The second-order valence-corrected chi connectivity index (χ2v) is 5.14. The molecule has 0 aliphatic carbocycles. The molecule has 0 radical (unpaired) electrons. The number of esters is 1. The first-order chi connectivity index (χ1) is 9.52. The smallest absolute Gasteiger partial charge is 0.341 e. The van der Waals surface area contributed by atoms with Crippen LogP contribution in [0.5, 0.6) is 11.5 Å². The monoisotopic (exact) mass is 335 g/mol. The Bertz CT molecular complexity index is 656. The summed E-state index contributed by atoms with van der Waals surface area (Å²) in [5.41, 5.74) is 7.52. The first kappa shape index (κ1) is 14.4. The van der Waals surface area contributed by atoms with Gasteiger partial charge in [-0.25, -0.2) is 4.79 Å². The van der Waals surface area contributed by atoms with E-state index in [0.29, 0.717) is 22.7 Å². The van der Waals surface area contributed by atoms with Crippen molar-refractivity contribution in [2.45, 2.75) is 6.92 Å². The Balaban J connectivity index is 2.47. The summed E-state index contributed by atoms with van der Waals surface area (Å²) in [4.78, 5) is 11.8. The fraction of sp³-hybridized carbons (Fsp3) is 0.133. The van der Waals surface area contributed by atoms with E-state index in [-0.39, 0.29) is 0 Å². The van der Waals surface area contributed by atoms with Gasteiger partial charge in [0, 0.05) is 4.47 Å². The maximum atomic E-state index is 11.8. The predicted molar refractivity (Wildman–Crippen MR) is 81.1 cm³/mol. The molecule has 0 amide bonds. The molecule has 0 aliphatic rings. The Morgan fingerprint density at radius 3 is 2.70 bits per heavy atom. The van der Waals surface area contributed by atoms with Crippen molar-refractivity contribution >= 4 is 27.6 Å². The number of hydrogen-bond acceptors (Lipinski definition) is 4. The zero-order valence-electron chi connectivity index (χ0n) is 11.1. The standard InChI is InChI=1S/C15H14BrNO3/c1-9-6-7-10(16)8-13(9)20-14-11(15(18)19-2)4-3-5-12(14)17/h3-8H,17H2,1-2H3. The third kappa shape index (κ3) is 2.93. The van der Waals surface area contributed by atoms with Crippen LogP contribution in [0.2, 0.25) is 0 Å². The highest BCUT2D eigenvalue weighted by Crippen LogP contribution is 2.34. The summed E-state index contributed by atoms with van der Waals surface area (Å²) in [5.74, 6) is 0.447. The fourth-order valence-electron chi connectivity index (χ4n) is 1.73. The topological polar surface area (TPSA) is 61.5 Å². The van der Waals surface area contributed by atoms with Crippen molar-refractivity contribution in [1.82, 2.24) is 0 Å². The van der Waals surface area contributed by atoms with Crippen LogP contribution in [0.15, 0.2) is 40.9 Å². The first-order valence-corrected chi connectivity index (χ1v) is 6.73. The lowest BCUT2D eigenvalue weighted by Gasteiger charge is -2.14. The highest BCUT2D eigenvalue weighted by Gasteiger charge is 2.17. The van der Waals surface area contributed by atoms with Crippen LogP contribution in [-0.2, 0) is 4.74 Å². The molecule has 0 unspecified atom stereocenters. The largest absolute Gasteiger partial charge is 0.465 e. The number of hydrogen-bond donors (Lipinski definition) is 1. The number of benzene rings is 2. The maximum Gasteiger partial charge on any atom is 0.341 e. The molecule has 0 aliphatic heterocycles. The van der Waals surface area contributed by atoms with Crippen LogP contribution in [0, 0.1) is 6.92 Å². The minimum Gasteiger partial charge on any atom is -0.465 e. The van der Waals surface area contributed by atoms with Gasteiger partial charge in [-0.3, -0.25) is 0 Å². The average molecular weight is 336 g/mol. The third-order valence-electron chi connectivity index (χ3n) is 2.81. The van der Waals surface area contributed by atoms with E-state index in [1.165, 1.54) is 7.11 Å². The van der Waals surface area contributed by atoms with E-state index in [2.05, 4.69) is 15.9 Å². The van der Waals surface area contributed by atoms with E-state index < -0.39 is 5.97 Å². The molecule has 2 aromatic rings. The van der Waals surface area contributed by atoms with Crippen molar-refractivity contribution in [3.63, 3.8) is 0 Å². The summed E-state index contributed by atoms with van der Waals surface area (Å²) in [7, 11) is 1.32. The quantitative estimate of drug-likeness (QED) is 0.682. The van der Waals surface area contributed by atoms with E-state index in [0.717, 1.165) is 10.0 Å². The number of carbonyl (C=O) groups excluding carboxylic acids is 1. The highest BCUT2D eigenvalue weighted by molar-refractivity contribution is 9.10. The van der Waals surface area contributed by atoms with Gasteiger partial charge in [-0.05, 0) is 36.8 Å². The summed E-state index contributed by atoms with van der Waals surface area (Å²) in [6, 6.07) is 10.6. The van der Waals surface area contributed by atoms with Crippen molar-refractivity contribution in [3.8, 4) is 11.5 Å². The second kappa shape index (κ2) is 5.96. The minimum absolute atomic E-state index is 0.298. The van der Waals surface area contributed by atoms with Gasteiger partial charge in [0.2, 0.25) is 0 Å². The molecule has 5 heteroatoms. The van der Waals surface area contributed by atoms with Gasteiger partial charge >= 0.3 is 5.97 Å². The summed E-state index contributed by atoms with van der Waals surface area (Å²) >= 11 is 3.39. The van der Waals surface area contributed by atoms with E-state index >= 15 is 0 Å². The number of carbonyl (C=O) groups is 1. The normalized spacial score (nSPS) is 10.2. The Kier molecular flexibility index (Phi) is 4.29. The van der Waals surface area contributed by atoms with Crippen LogP contribution in [0.4, 0.5) is 5.69 Å². The van der Waals surface area contributed by atoms with Crippen molar-refractivity contribution in [2.75, 3.05) is 12.8 Å². The molecule has 4 nitrogen and oxygen atoms in total. The van der Waals surface area contributed by atoms with Crippen molar-refractivity contribution < 1.29 is 14.3 Å². The number of nitrogen functional groups attached to an aromatic ring is 1. The number of para-hydroxylation sites is 1. The average Bonchev–Trinajstić information content (AvgIpc) is 2.44. The number of rotatable bonds is 3. The maximum absolute atomic E-state index is 11.8. The number of ether oxygens (including phenoxy) is 2. The molecule has 0 bridgehead atoms. The van der Waals surface area contributed by atoms with E-state index in [9.17, 15) is 4.79 Å². The SMILES string of the molecule is COC(=O)c1cccc(N)c1Oc1cc(Br)ccc1C. The molecule has 0 spiro atoms. The van der Waals surface area contributed by atoms with Crippen LogP contribution in [-0.4, -0.2) is 13.1 Å². The van der Waals surface area contributed by atoms with Gasteiger partial charge < -0.3 is 15.2 Å². The molecular formula is C15H14BrNO3. The Morgan fingerprint density at radius 2 is 2.00 bits per heavy atom. The van der Waals surface area contributed by atoms with Crippen molar-refractivity contribution in [3.05, 3.63) is 52.0 Å². The molecule has 20 heavy (non-hydrogen) atoms. The molecule has 0 aromatic heterocycles. The van der Waals surface area contributed by atoms with Gasteiger partial charge in [-0.15, -0.1) is 0 Å². The molecule has 0 fully saturated rings. The van der Waals surface area contributed by atoms with Gasteiger partial charge in [0.05, 0.1) is 12.8 Å². The van der Waals surface area contributed by atoms with Crippen LogP contribution >= 0.6 is 15.9 Å².